The molecule has 0 saturated carbocycles. The fraction of sp³-hybridized carbons (Fsp3) is 0.214. The molecule has 0 radical (unpaired) electrons. The first-order valence-electron chi connectivity index (χ1n) is 5.86. The van der Waals surface area contributed by atoms with Gasteiger partial charge in [-0.25, -0.2) is 4.79 Å². The highest BCUT2D eigenvalue weighted by atomic mass is 79.9. The van der Waals surface area contributed by atoms with Crippen LogP contribution >= 0.6 is 27.3 Å². The average molecular weight is 340 g/mol. The molecule has 2 N–H and O–H groups in total. The Morgan fingerprint density at radius 2 is 2.26 bits per heavy atom. The van der Waals surface area contributed by atoms with Gasteiger partial charge in [0, 0.05) is 27.3 Å². The molecule has 1 aromatic heterocycles. The molecule has 2 aromatic rings. The maximum absolute atomic E-state index is 10.8. The normalized spacial score (nSPS) is 12.3. The van der Waals surface area contributed by atoms with Gasteiger partial charge in [0.05, 0.1) is 5.56 Å². The van der Waals surface area contributed by atoms with Crippen LogP contribution in [0.3, 0.4) is 0 Å². The first-order valence-corrected chi connectivity index (χ1v) is 7.53. The van der Waals surface area contributed by atoms with E-state index < -0.39 is 5.97 Å². The van der Waals surface area contributed by atoms with Gasteiger partial charge in [0.2, 0.25) is 0 Å². The number of benzene rings is 1. The van der Waals surface area contributed by atoms with Gasteiger partial charge in [0.1, 0.15) is 0 Å². The molecule has 0 aliphatic carbocycles. The van der Waals surface area contributed by atoms with Crippen LogP contribution in [-0.2, 0) is 6.54 Å². The van der Waals surface area contributed by atoms with Crippen molar-refractivity contribution in [2.45, 2.75) is 19.5 Å². The average Bonchev–Trinajstić information content (AvgIpc) is 2.85. The van der Waals surface area contributed by atoms with Crippen molar-refractivity contribution in [3.8, 4) is 0 Å². The summed E-state index contributed by atoms with van der Waals surface area (Å²) >= 11 is 4.92. The van der Waals surface area contributed by atoms with E-state index >= 15 is 0 Å². The van der Waals surface area contributed by atoms with Crippen LogP contribution < -0.4 is 5.32 Å². The summed E-state index contributed by atoms with van der Waals surface area (Å²) in [5.74, 6) is -0.873. The first-order chi connectivity index (χ1) is 9.06. The number of thiophene rings is 1. The Hall–Kier alpha value is -1.17. The van der Waals surface area contributed by atoms with Gasteiger partial charge in [-0.3, -0.25) is 0 Å². The van der Waals surface area contributed by atoms with Crippen molar-refractivity contribution in [1.29, 1.82) is 0 Å². The van der Waals surface area contributed by atoms with Gasteiger partial charge in [-0.2, -0.15) is 0 Å². The van der Waals surface area contributed by atoms with Crippen LogP contribution in [0.5, 0.6) is 0 Å². The second-order valence-electron chi connectivity index (χ2n) is 4.26. The number of halogens is 1. The number of carboxylic acids is 1. The summed E-state index contributed by atoms with van der Waals surface area (Å²) in [5.41, 5.74) is 1.56. The van der Waals surface area contributed by atoms with Crippen LogP contribution in [0.1, 0.15) is 33.8 Å². The summed E-state index contributed by atoms with van der Waals surface area (Å²) in [6.45, 7) is 2.76. The van der Waals surface area contributed by atoms with E-state index in [1.165, 1.54) is 16.9 Å². The zero-order chi connectivity index (χ0) is 13.8. The molecule has 5 heteroatoms. The Balaban J connectivity index is 1.96. The number of carboxylic acid groups (broad SMARTS) is 1. The van der Waals surface area contributed by atoms with E-state index in [1.54, 1.807) is 11.4 Å². The van der Waals surface area contributed by atoms with E-state index in [0.717, 1.165) is 9.35 Å². The fourth-order valence-electron chi connectivity index (χ4n) is 1.73. The van der Waals surface area contributed by atoms with Crippen molar-refractivity contribution >= 4 is 33.2 Å². The second-order valence-corrected chi connectivity index (χ2v) is 6.18. The topological polar surface area (TPSA) is 49.3 Å². The van der Waals surface area contributed by atoms with Gasteiger partial charge in [0.15, 0.2) is 0 Å². The molecule has 19 heavy (non-hydrogen) atoms. The highest BCUT2D eigenvalue weighted by molar-refractivity contribution is 9.10. The van der Waals surface area contributed by atoms with Crippen molar-refractivity contribution in [3.63, 3.8) is 0 Å². The number of hydrogen-bond donors (Lipinski definition) is 2. The number of hydrogen-bond acceptors (Lipinski definition) is 3. The maximum atomic E-state index is 10.8. The van der Waals surface area contributed by atoms with Crippen molar-refractivity contribution in [1.82, 2.24) is 5.32 Å². The van der Waals surface area contributed by atoms with Crippen LogP contribution in [0, 0.1) is 0 Å². The Morgan fingerprint density at radius 3 is 2.89 bits per heavy atom. The molecule has 1 aromatic carbocycles. The molecule has 0 spiro atoms. The lowest BCUT2D eigenvalue weighted by atomic mass is 10.1. The molecular formula is C14H14BrNO2S. The minimum atomic E-state index is -0.873. The van der Waals surface area contributed by atoms with Gasteiger partial charge in [-0.1, -0.05) is 28.1 Å². The zero-order valence-electron chi connectivity index (χ0n) is 10.4. The Bertz CT molecular complexity index is 582. The number of aromatic carboxylic acids is 1. The highest BCUT2D eigenvalue weighted by Crippen LogP contribution is 2.20. The first kappa shape index (κ1) is 14.2. The summed E-state index contributed by atoms with van der Waals surface area (Å²) in [6, 6.07) is 10.1. The smallest absolute Gasteiger partial charge is 0.336 e. The molecule has 0 fully saturated rings. The quantitative estimate of drug-likeness (QED) is 0.863. The summed E-state index contributed by atoms with van der Waals surface area (Å²) in [7, 11) is 0. The SMILES string of the molecule is CC(NCc1cc(C(=O)O)cs1)c1cccc(Br)c1. The third-order valence-electron chi connectivity index (χ3n) is 2.83. The van der Waals surface area contributed by atoms with Crippen LogP contribution in [0.25, 0.3) is 0 Å². The molecule has 1 unspecified atom stereocenters. The van der Waals surface area contributed by atoms with Gasteiger partial charge < -0.3 is 10.4 Å². The third-order valence-corrected chi connectivity index (χ3v) is 4.26. The molecule has 0 bridgehead atoms. The van der Waals surface area contributed by atoms with E-state index in [4.69, 9.17) is 5.11 Å². The predicted molar refractivity (Wildman–Crippen MR) is 80.7 cm³/mol. The van der Waals surface area contributed by atoms with Crippen molar-refractivity contribution in [2.24, 2.45) is 0 Å². The lowest BCUT2D eigenvalue weighted by Crippen LogP contribution is -2.17. The van der Waals surface area contributed by atoms with E-state index in [9.17, 15) is 4.79 Å². The predicted octanol–water partition coefficient (Wildman–Crippen LogP) is 4.06. The molecule has 0 saturated heterocycles. The molecule has 1 atom stereocenters. The lowest BCUT2D eigenvalue weighted by Gasteiger charge is -2.13. The third kappa shape index (κ3) is 3.89. The molecule has 0 aliphatic rings. The minimum absolute atomic E-state index is 0.216. The second kappa shape index (κ2) is 6.32. The molecule has 100 valence electrons. The minimum Gasteiger partial charge on any atom is -0.478 e. The highest BCUT2D eigenvalue weighted by Gasteiger charge is 2.09. The Kier molecular flexibility index (Phi) is 4.74. The van der Waals surface area contributed by atoms with Crippen LogP contribution in [0.2, 0.25) is 0 Å². The van der Waals surface area contributed by atoms with E-state index in [0.29, 0.717) is 12.1 Å². The largest absolute Gasteiger partial charge is 0.478 e. The van der Waals surface area contributed by atoms with Crippen LogP contribution in [-0.4, -0.2) is 11.1 Å². The van der Waals surface area contributed by atoms with E-state index in [1.807, 2.05) is 12.1 Å². The summed E-state index contributed by atoms with van der Waals surface area (Å²) in [6.07, 6.45) is 0. The zero-order valence-corrected chi connectivity index (χ0v) is 12.8. The van der Waals surface area contributed by atoms with E-state index in [2.05, 4.69) is 40.3 Å². The maximum Gasteiger partial charge on any atom is 0.336 e. The molecule has 2 rings (SSSR count). The molecule has 3 nitrogen and oxygen atoms in total. The summed E-state index contributed by atoms with van der Waals surface area (Å²) in [4.78, 5) is 11.8. The molecule has 0 aliphatic heterocycles. The Morgan fingerprint density at radius 1 is 1.47 bits per heavy atom. The van der Waals surface area contributed by atoms with Gasteiger partial charge >= 0.3 is 5.97 Å². The van der Waals surface area contributed by atoms with Crippen molar-refractivity contribution in [2.75, 3.05) is 0 Å². The number of carbonyl (C=O) groups is 1. The monoisotopic (exact) mass is 339 g/mol. The summed E-state index contributed by atoms with van der Waals surface area (Å²) in [5, 5.41) is 13.9. The standard InChI is InChI=1S/C14H14BrNO2S/c1-9(10-3-2-4-12(15)5-10)16-7-13-6-11(8-19-13)14(17)18/h2-6,8-9,16H,7H2,1H3,(H,17,18). The number of nitrogens with one attached hydrogen (secondary N) is 1. The Labute approximate surface area is 124 Å². The van der Waals surface area contributed by atoms with Gasteiger partial charge in [-0.15, -0.1) is 11.3 Å². The lowest BCUT2D eigenvalue weighted by molar-refractivity contribution is 0.0697. The molecule has 1 heterocycles. The van der Waals surface area contributed by atoms with Crippen LogP contribution in [0.15, 0.2) is 40.2 Å². The van der Waals surface area contributed by atoms with Gasteiger partial charge in [0.25, 0.3) is 0 Å². The van der Waals surface area contributed by atoms with Gasteiger partial charge in [-0.05, 0) is 30.7 Å². The summed E-state index contributed by atoms with van der Waals surface area (Å²) < 4.78 is 1.06. The fourth-order valence-corrected chi connectivity index (χ4v) is 2.96. The van der Waals surface area contributed by atoms with Crippen molar-refractivity contribution < 1.29 is 9.90 Å². The van der Waals surface area contributed by atoms with Crippen molar-refractivity contribution in [3.05, 3.63) is 56.2 Å². The molecular weight excluding hydrogens is 326 g/mol. The number of rotatable bonds is 5. The van der Waals surface area contributed by atoms with Crippen LogP contribution in [0.4, 0.5) is 0 Å². The molecule has 0 amide bonds. The van der Waals surface area contributed by atoms with E-state index in [-0.39, 0.29) is 6.04 Å².